The van der Waals surface area contributed by atoms with E-state index in [-0.39, 0.29) is 0 Å². The summed E-state index contributed by atoms with van der Waals surface area (Å²) in [6.07, 6.45) is 0. The Kier molecular flexibility index (Phi) is 7.20. The predicted octanol–water partition coefficient (Wildman–Crippen LogP) is 14.9. The first-order valence-electron chi connectivity index (χ1n) is 19.8. The zero-order valence-electron chi connectivity index (χ0n) is 31.5. The molecule has 0 atom stereocenters. The van der Waals surface area contributed by atoms with Gasteiger partial charge in [-0.05, 0) is 96.1 Å². The van der Waals surface area contributed by atoms with Crippen molar-refractivity contribution in [3.8, 4) is 22.5 Å². The lowest BCUT2D eigenvalue weighted by molar-refractivity contribution is 0.669. The Balaban J connectivity index is 1.12. The molecule has 0 unspecified atom stereocenters. The average molecular weight is 742 g/mol. The molecule has 4 heteroatoms. The molecule has 0 aliphatic heterocycles. The molecule has 4 nitrogen and oxygen atoms in total. The number of hydrogen-bond acceptors (Lipinski definition) is 2. The molecule has 0 amide bonds. The van der Waals surface area contributed by atoms with E-state index in [1.165, 1.54) is 32.6 Å². The molecule has 0 radical (unpaired) electrons. The van der Waals surface area contributed by atoms with Gasteiger partial charge in [0.2, 0.25) is 0 Å². The maximum Gasteiger partial charge on any atom is 0.136 e. The zero-order chi connectivity index (χ0) is 38.2. The van der Waals surface area contributed by atoms with Crippen LogP contribution in [0.15, 0.2) is 217 Å². The third-order valence-corrected chi connectivity index (χ3v) is 11.7. The van der Waals surface area contributed by atoms with Crippen molar-refractivity contribution >= 4 is 82.6 Å². The minimum Gasteiger partial charge on any atom is -0.456 e. The average Bonchev–Trinajstić information content (AvgIpc) is 3.95. The van der Waals surface area contributed by atoms with E-state index in [4.69, 9.17) is 4.42 Å². The van der Waals surface area contributed by atoms with Crippen molar-refractivity contribution in [3.05, 3.63) is 212 Å². The largest absolute Gasteiger partial charge is 0.456 e. The topological polar surface area (TPSA) is 26.2 Å². The van der Waals surface area contributed by atoms with Gasteiger partial charge in [0.05, 0.1) is 27.8 Å². The number of para-hydroxylation sites is 5. The Morgan fingerprint density at radius 3 is 1.66 bits per heavy atom. The molecule has 0 aliphatic rings. The van der Waals surface area contributed by atoms with Crippen LogP contribution in [0.3, 0.4) is 0 Å². The molecule has 272 valence electrons. The first-order valence-corrected chi connectivity index (χ1v) is 19.8. The molecule has 0 aliphatic carbocycles. The van der Waals surface area contributed by atoms with Crippen molar-refractivity contribution in [2.75, 3.05) is 4.90 Å². The van der Waals surface area contributed by atoms with Gasteiger partial charge < -0.3 is 18.5 Å². The van der Waals surface area contributed by atoms with Crippen LogP contribution in [0.1, 0.15) is 0 Å². The van der Waals surface area contributed by atoms with Crippen LogP contribution in [-0.4, -0.2) is 9.13 Å². The minimum absolute atomic E-state index is 0.896. The van der Waals surface area contributed by atoms with Crippen LogP contribution in [0.4, 0.5) is 17.1 Å². The van der Waals surface area contributed by atoms with Gasteiger partial charge in [-0.3, -0.25) is 0 Å². The highest BCUT2D eigenvalue weighted by Gasteiger charge is 2.23. The number of rotatable bonds is 6. The Hall–Kier alpha value is -7.82. The van der Waals surface area contributed by atoms with E-state index in [1.54, 1.807) is 0 Å². The van der Waals surface area contributed by atoms with Gasteiger partial charge in [0.1, 0.15) is 11.2 Å². The number of nitrogens with zero attached hydrogens (tertiary/aromatic N) is 3. The van der Waals surface area contributed by atoms with Gasteiger partial charge in [-0.25, -0.2) is 0 Å². The van der Waals surface area contributed by atoms with Gasteiger partial charge >= 0.3 is 0 Å². The van der Waals surface area contributed by atoms with Crippen LogP contribution in [0.2, 0.25) is 0 Å². The first kappa shape index (κ1) is 32.4. The summed E-state index contributed by atoms with van der Waals surface area (Å²) in [5, 5.41) is 7.12. The number of furan rings is 1. The van der Waals surface area contributed by atoms with Crippen molar-refractivity contribution in [1.29, 1.82) is 0 Å². The summed E-state index contributed by atoms with van der Waals surface area (Å²) in [5.41, 5.74) is 14.3. The number of hydrogen-bond donors (Lipinski definition) is 0. The molecule has 12 rings (SSSR count). The summed E-state index contributed by atoms with van der Waals surface area (Å²) >= 11 is 0. The van der Waals surface area contributed by atoms with E-state index in [2.05, 4.69) is 214 Å². The third kappa shape index (κ3) is 4.88. The summed E-state index contributed by atoms with van der Waals surface area (Å²) in [4.78, 5) is 2.44. The van der Waals surface area contributed by atoms with Crippen LogP contribution in [0, 0.1) is 0 Å². The van der Waals surface area contributed by atoms with Gasteiger partial charge in [-0.1, -0.05) is 127 Å². The van der Waals surface area contributed by atoms with Gasteiger partial charge in [-0.2, -0.15) is 0 Å². The molecule has 0 fully saturated rings. The van der Waals surface area contributed by atoms with Gasteiger partial charge in [0, 0.05) is 55.1 Å². The van der Waals surface area contributed by atoms with Crippen molar-refractivity contribution < 1.29 is 4.42 Å². The molecule has 0 spiro atoms. The quantitative estimate of drug-likeness (QED) is 0.170. The predicted molar refractivity (Wildman–Crippen MR) is 243 cm³/mol. The molecule has 12 aromatic rings. The fraction of sp³-hybridized carbons (Fsp3) is 0. The maximum atomic E-state index is 6.29. The summed E-state index contributed by atoms with van der Waals surface area (Å²) in [5.74, 6) is 0. The molecule has 3 heterocycles. The molecular formula is C54H35N3O. The smallest absolute Gasteiger partial charge is 0.136 e. The first-order chi connectivity index (χ1) is 28.8. The minimum atomic E-state index is 0.896. The van der Waals surface area contributed by atoms with Crippen molar-refractivity contribution in [2.24, 2.45) is 0 Å². The molecule has 3 aromatic heterocycles. The highest BCUT2D eigenvalue weighted by molar-refractivity contribution is 6.17. The van der Waals surface area contributed by atoms with E-state index in [0.29, 0.717) is 0 Å². The zero-order valence-corrected chi connectivity index (χ0v) is 31.5. The molecule has 0 saturated carbocycles. The Bertz CT molecular complexity index is 3500. The summed E-state index contributed by atoms with van der Waals surface area (Å²) in [7, 11) is 0. The van der Waals surface area contributed by atoms with Crippen LogP contribution in [0.25, 0.3) is 88.1 Å². The highest BCUT2D eigenvalue weighted by atomic mass is 16.3. The molecule has 9 aromatic carbocycles. The SMILES string of the molecule is c1ccc(-n2c3ccccc3c3ccc(N(c4ccc(-c5cccc6oc7ccccc7c56)cc4)c4cccc5c4c4ccccc4n5-c4ccccc4)cc32)cc1. The lowest BCUT2D eigenvalue weighted by Crippen LogP contribution is -2.10. The van der Waals surface area contributed by atoms with E-state index < -0.39 is 0 Å². The van der Waals surface area contributed by atoms with Crippen LogP contribution < -0.4 is 4.90 Å². The lowest BCUT2D eigenvalue weighted by Gasteiger charge is -2.27. The van der Waals surface area contributed by atoms with Crippen molar-refractivity contribution in [2.45, 2.75) is 0 Å². The molecule has 0 saturated heterocycles. The Morgan fingerprint density at radius 2 is 0.897 bits per heavy atom. The lowest BCUT2D eigenvalue weighted by atomic mass is 9.99. The second-order valence-electron chi connectivity index (χ2n) is 14.9. The monoisotopic (exact) mass is 741 g/mol. The summed E-state index contributed by atoms with van der Waals surface area (Å²) in [6.45, 7) is 0. The standard InChI is InChI=1S/C54H35N3O/c1-3-15-37(16-4-1)56-47-24-11-8-20-44(47)54-48(25-14-26-49(54)56)55(39-31-29-36(30-32-39)41-22-13-28-52-53(41)45-21-9-12-27-51(45)58-52)40-33-34-43-42-19-7-10-23-46(42)57(50(43)35-40)38-17-5-2-6-18-38/h1-35H. The Labute approximate surface area is 334 Å². The van der Waals surface area contributed by atoms with Gasteiger partial charge in [0.15, 0.2) is 0 Å². The van der Waals surface area contributed by atoms with Crippen molar-refractivity contribution in [1.82, 2.24) is 9.13 Å². The van der Waals surface area contributed by atoms with Gasteiger partial charge in [-0.15, -0.1) is 0 Å². The number of aromatic nitrogens is 2. The second kappa shape index (κ2) is 12.9. The highest BCUT2D eigenvalue weighted by Crippen LogP contribution is 2.46. The number of anilines is 3. The Morgan fingerprint density at radius 1 is 0.345 bits per heavy atom. The van der Waals surface area contributed by atoms with Gasteiger partial charge in [0.25, 0.3) is 0 Å². The molecule has 0 bridgehead atoms. The molecule has 58 heavy (non-hydrogen) atoms. The van der Waals surface area contributed by atoms with Crippen LogP contribution >= 0.6 is 0 Å². The molecular weight excluding hydrogens is 707 g/mol. The fourth-order valence-corrected chi connectivity index (χ4v) is 9.23. The van der Waals surface area contributed by atoms with Crippen LogP contribution in [-0.2, 0) is 0 Å². The van der Waals surface area contributed by atoms with E-state index in [1.807, 2.05) is 12.1 Å². The normalized spacial score (nSPS) is 11.8. The van der Waals surface area contributed by atoms with E-state index >= 15 is 0 Å². The second-order valence-corrected chi connectivity index (χ2v) is 14.9. The third-order valence-electron chi connectivity index (χ3n) is 11.7. The fourth-order valence-electron chi connectivity index (χ4n) is 9.23. The summed E-state index contributed by atoms with van der Waals surface area (Å²) in [6, 6.07) is 76.2. The van der Waals surface area contributed by atoms with E-state index in [0.717, 1.165) is 72.5 Å². The van der Waals surface area contributed by atoms with Crippen LogP contribution in [0.5, 0.6) is 0 Å². The van der Waals surface area contributed by atoms with E-state index in [9.17, 15) is 0 Å². The number of benzene rings is 9. The summed E-state index contributed by atoms with van der Waals surface area (Å²) < 4.78 is 11.1. The van der Waals surface area contributed by atoms with Crippen molar-refractivity contribution in [3.63, 3.8) is 0 Å². The maximum absolute atomic E-state index is 6.29. The molecule has 0 N–H and O–H groups in total. The number of fused-ring (bicyclic) bond motifs is 9.